The van der Waals surface area contributed by atoms with Crippen LogP contribution >= 0.6 is 0 Å². The van der Waals surface area contributed by atoms with Gasteiger partial charge in [0, 0.05) is 19.6 Å². The van der Waals surface area contributed by atoms with Crippen molar-refractivity contribution >= 4 is 35.9 Å². The normalized spacial score (nSPS) is 15.9. The quantitative estimate of drug-likeness (QED) is 0.357. The molecule has 16 heteroatoms. The fourth-order valence-corrected chi connectivity index (χ4v) is 8.72. The van der Waals surface area contributed by atoms with Gasteiger partial charge >= 0.3 is 12.1 Å². The van der Waals surface area contributed by atoms with E-state index < -0.39 is 63.3 Å². The molecule has 0 aliphatic carbocycles. The van der Waals surface area contributed by atoms with E-state index >= 15 is 0 Å². The number of alkyl halides is 3. The van der Waals surface area contributed by atoms with Gasteiger partial charge in [0.1, 0.15) is 0 Å². The highest BCUT2D eigenvalue weighted by Gasteiger charge is 2.39. The number of piperidine rings is 1. The van der Waals surface area contributed by atoms with Crippen LogP contribution in [0.5, 0.6) is 0 Å². The standard InChI is InChI=1S/C26H25F3N2O8S3/c27-26(28,29)23-10-9-21(40(34,35)20-6-2-1-3-7-20)16-24(23)41(36,37)30-17-18-11-13-31(14-12-18)42(38,39)22-8-4-5-19(15-22)25(32)33/h1-10,15-16,18,30H,11-14,17H2,(H,32,33). The molecule has 0 atom stereocenters. The van der Waals surface area contributed by atoms with Crippen LogP contribution in [0, 0.1) is 5.92 Å². The van der Waals surface area contributed by atoms with Gasteiger partial charge in [-0.2, -0.15) is 17.5 Å². The van der Waals surface area contributed by atoms with Crippen molar-refractivity contribution in [1.82, 2.24) is 9.03 Å². The van der Waals surface area contributed by atoms with E-state index in [1.165, 1.54) is 42.5 Å². The lowest BCUT2D eigenvalue weighted by molar-refractivity contribution is -0.139. The third-order valence-electron chi connectivity index (χ3n) is 6.77. The largest absolute Gasteiger partial charge is 0.478 e. The minimum Gasteiger partial charge on any atom is -0.478 e. The SMILES string of the molecule is O=C(O)c1cccc(S(=O)(=O)N2CCC(CNS(=O)(=O)c3cc(S(=O)(=O)c4ccccc4)ccc3C(F)(F)F)CC2)c1. The number of sulfonamides is 2. The predicted octanol–water partition coefficient (Wildman–Crippen LogP) is 3.62. The minimum atomic E-state index is -5.10. The molecule has 42 heavy (non-hydrogen) atoms. The maximum absolute atomic E-state index is 13.8. The van der Waals surface area contributed by atoms with Gasteiger partial charge in [-0.1, -0.05) is 24.3 Å². The Balaban J connectivity index is 1.51. The van der Waals surface area contributed by atoms with E-state index in [1.54, 1.807) is 6.07 Å². The minimum absolute atomic E-state index is 0.0371. The number of nitrogens with one attached hydrogen (secondary N) is 1. The zero-order chi connectivity index (χ0) is 30.9. The van der Waals surface area contributed by atoms with E-state index in [-0.39, 0.29) is 47.8 Å². The zero-order valence-electron chi connectivity index (χ0n) is 21.7. The number of hydrogen-bond acceptors (Lipinski definition) is 7. The number of nitrogens with zero attached hydrogens (tertiary/aromatic N) is 1. The van der Waals surface area contributed by atoms with Crippen molar-refractivity contribution in [1.29, 1.82) is 0 Å². The number of aromatic carboxylic acids is 1. The molecule has 0 amide bonds. The number of carboxylic acids is 1. The van der Waals surface area contributed by atoms with Gasteiger partial charge in [-0.25, -0.2) is 34.8 Å². The molecule has 10 nitrogen and oxygen atoms in total. The molecule has 0 radical (unpaired) electrons. The van der Waals surface area contributed by atoms with Crippen molar-refractivity contribution in [3.8, 4) is 0 Å². The summed E-state index contributed by atoms with van der Waals surface area (Å²) in [6.45, 7) is -0.396. The van der Waals surface area contributed by atoms with Crippen LogP contribution in [0.25, 0.3) is 0 Å². The second kappa shape index (κ2) is 11.8. The molecular formula is C26H25F3N2O8S3. The van der Waals surface area contributed by atoms with E-state index in [9.17, 15) is 43.2 Å². The van der Waals surface area contributed by atoms with Crippen molar-refractivity contribution in [3.63, 3.8) is 0 Å². The third kappa shape index (κ3) is 6.67. The van der Waals surface area contributed by atoms with Crippen molar-refractivity contribution in [2.24, 2.45) is 5.92 Å². The van der Waals surface area contributed by atoms with Gasteiger partial charge < -0.3 is 5.11 Å². The molecule has 1 fully saturated rings. The Labute approximate surface area is 240 Å². The maximum Gasteiger partial charge on any atom is 0.417 e. The number of benzene rings is 3. The molecule has 0 aromatic heterocycles. The molecule has 4 rings (SSSR count). The number of rotatable bonds is 9. The lowest BCUT2D eigenvalue weighted by Crippen LogP contribution is -2.41. The van der Waals surface area contributed by atoms with Crippen LogP contribution in [0.2, 0.25) is 0 Å². The highest BCUT2D eigenvalue weighted by Crippen LogP contribution is 2.36. The van der Waals surface area contributed by atoms with Crippen LogP contribution in [-0.2, 0) is 36.1 Å². The number of halogens is 3. The van der Waals surface area contributed by atoms with Crippen LogP contribution in [0.3, 0.4) is 0 Å². The molecule has 0 unspecified atom stereocenters. The van der Waals surface area contributed by atoms with Gasteiger partial charge in [0.25, 0.3) is 0 Å². The van der Waals surface area contributed by atoms with Gasteiger partial charge in [0.05, 0.1) is 30.7 Å². The smallest absolute Gasteiger partial charge is 0.417 e. The summed E-state index contributed by atoms with van der Waals surface area (Å²) in [6.07, 6.45) is -4.78. The molecular weight excluding hydrogens is 621 g/mol. The molecule has 1 aliphatic heterocycles. The Morgan fingerprint density at radius 1 is 0.833 bits per heavy atom. The topological polar surface area (TPSA) is 155 Å². The first-order chi connectivity index (χ1) is 19.5. The Hall–Kier alpha value is -3.31. The van der Waals surface area contributed by atoms with Gasteiger partial charge in [0.15, 0.2) is 0 Å². The van der Waals surface area contributed by atoms with Crippen molar-refractivity contribution < 1.29 is 48.3 Å². The summed E-state index contributed by atoms with van der Waals surface area (Å²) in [7, 11) is -13.2. The second-order valence-corrected chi connectivity index (χ2v) is 15.1. The predicted molar refractivity (Wildman–Crippen MR) is 143 cm³/mol. The second-order valence-electron chi connectivity index (χ2n) is 9.50. The summed E-state index contributed by atoms with van der Waals surface area (Å²) < 4.78 is 123. The molecule has 3 aromatic rings. The summed E-state index contributed by atoms with van der Waals surface area (Å²) in [5, 5.41) is 9.14. The Kier molecular flexibility index (Phi) is 8.85. The van der Waals surface area contributed by atoms with Gasteiger partial charge in [-0.15, -0.1) is 0 Å². The van der Waals surface area contributed by atoms with E-state index in [1.807, 2.05) is 0 Å². The van der Waals surface area contributed by atoms with Crippen LogP contribution in [0.1, 0.15) is 28.8 Å². The molecule has 1 saturated heterocycles. The maximum atomic E-state index is 13.8. The van der Waals surface area contributed by atoms with E-state index in [0.29, 0.717) is 18.2 Å². The summed E-state index contributed by atoms with van der Waals surface area (Å²) in [5.41, 5.74) is -1.74. The summed E-state index contributed by atoms with van der Waals surface area (Å²) in [4.78, 5) is 8.89. The Bertz CT molecular complexity index is 1800. The fourth-order valence-electron chi connectivity index (χ4n) is 4.46. The van der Waals surface area contributed by atoms with Gasteiger partial charge in [-0.3, -0.25) is 0 Å². The first-order valence-corrected chi connectivity index (χ1v) is 16.8. The molecule has 2 N–H and O–H groups in total. The monoisotopic (exact) mass is 646 g/mol. The van der Waals surface area contributed by atoms with E-state index in [0.717, 1.165) is 10.4 Å². The third-order valence-corrected chi connectivity index (χ3v) is 11.9. The van der Waals surface area contributed by atoms with Crippen LogP contribution in [-0.4, -0.2) is 60.3 Å². The average molecular weight is 647 g/mol. The molecule has 1 aliphatic rings. The van der Waals surface area contributed by atoms with Crippen LogP contribution < -0.4 is 4.72 Å². The molecule has 226 valence electrons. The van der Waals surface area contributed by atoms with Crippen LogP contribution in [0.4, 0.5) is 13.2 Å². The summed E-state index contributed by atoms with van der Waals surface area (Å²) >= 11 is 0. The van der Waals surface area contributed by atoms with E-state index in [2.05, 4.69) is 4.72 Å². The molecule has 0 saturated carbocycles. The number of carbonyl (C=O) groups is 1. The van der Waals surface area contributed by atoms with Crippen molar-refractivity contribution in [2.45, 2.75) is 38.6 Å². The van der Waals surface area contributed by atoms with Crippen molar-refractivity contribution in [3.05, 3.63) is 83.9 Å². The zero-order valence-corrected chi connectivity index (χ0v) is 24.1. The molecule has 0 spiro atoms. The van der Waals surface area contributed by atoms with Gasteiger partial charge in [0.2, 0.25) is 29.9 Å². The number of hydrogen-bond donors (Lipinski definition) is 2. The number of sulfone groups is 1. The van der Waals surface area contributed by atoms with Crippen LogP contribution in [0.15, 0.2) is 92.4 Å². The first kappa shape index (κ1) is 31.6. The first-order valence-electron chi connectivity index (χ1n) is 12.4. The van der Waals surface area contributed by atoms with Crippen molar-refractivity contribution in [2.75, 3.05) is 19.6 Å². The lowest BCUT2D eigenvalue weighted by Gasteiger charge is -2.31. The molecule has 3 aromatic carbocycles. The van der Waals surface area contributed by atoms with Gasteiger partial charge in [-0.05, 0) is 67.3 Å². The fraction of sp³-hybridized carbons (Fsp3) is 0.269. The molecule has 1 heterocycles. The summed E-state index contributed by atoms with van der Waals surface area (Å²) in [5.74, 6) is -1.74. The van der Waals surface area contributed by atoms with E-state index in [4.69, 9.17) is 5.11 Å². The Morgan fingerprint density at radius 2 is 1.45 bits per heavy atom. The molecule has 0 bridgehead atoms. The number of carboxylic acid groups (broad SMARTS) is 1. The Morgan fingerprint density at radius 3 is 2.05 bits per heavy atom. The highest BCUT2D eigenvalue weighted by atomic mass is 32.2. The summed E-state index contributed by atoms with van der Waals surface area (Å²) in [6, 6.07) is 13.3. The highest BCUT2D eigenvalue weighted by molar-refractivity contribution is 7.91. The lowest BCUT2D eigenvalue weighted by atomic mass is 9.99. The average Bonchev–Trinajstić information content (AvgIpc) is 2.96.